The van der Waals surface area contributed by atoms with Crippen molar-refractivity contribution in [2.24, 2.45) is 11.3 Å². The molecule has 1 aromatic rings. The number of hydrogen-bond acceptors (Lipinski definition) is 3. The van der Waals surface area contributed by atoms with Gasteiger partial charge in [-0.2, -0.15) is 5.26 Å². The zero-order valence-electron chi connectivity index (χ0n) is 10.1. The minimum atomic E-state index is -0.908. The van der Waals surface area contributed by atoms with Crippen LogP contribution < -0.4 is 0 Å². The number of carbonyl (C=O) groups excluding carboxylic acids is 1. The summed E-state index contributed by atoms with van der Waals surface area (Å²) in [5.41, 5.74) is 0.0759. The maximum Gasteiger partial charge on any atom is 0.233 e. The Bertz CT molecular complexity index is 574. The van der Waals surface area contributed by atoms with Crippen molar-refractivity contribution in [3.8, 4) is 6.07 Å². The molecule has 0 spiro atoms. The molecule has 1 saturated carbocycles. The highest BCUT2D eigenvalue weighted by atomic mass is 16.2. The first-order valence-electron chi connectivity index (χ1n) is 6.05. The number of nitriles is 1. The van der Waals surface area contributed by atoms with Crippen LogP contribution in [0.4, 0.5) is 0 Å². The molecule has 1 aliphatic carbocycles. The third kappa shape index (κ3) is 1.04. The van der Waals surface area contributed by atoms with Crippen LogP contribution in [0.2, 0.25) is 0 Å². The average molecular weight is 239 g/mol. The molecule has 2 fully saturated rings. The number of fused-ring (bicyclic) bond motifs is 1. The number of hydrogen-bond donors (Lipinski definition) is 1. The maximum atomic E-state index is 12.2. The second-order valence-electron chi connectivity index (χ2n) is 4.78. The first-order chi connectivity index (χ1) is 8.68. The van der Waals surface area contributed by atoms with E-state index in [9.17, 15) is 10.1 Å². The number of nitrogens with one attached hydrogen (secondary N) is 1. The van der Waals surface area contributed by atoms with E-state index in [1.54, 1.807) is 0 Å². The fourth-order valence-corrected chi connectivity index (χ4v) is 3.14. The van der Waals surface area contributed by atoms with E-state index in [1.165, 1.54) is 4.90 Å². The van der Waals surface area contributed by atoms with Crippen molar-refractivity contribution in [2.75, 3.05) is 6.54 Å². The van der Waals surface area contributed by atoms with Gasteiger partial charge >= 0.3 is 0 Å². The standard InChI is InChI=1S/C14H13N3O/c1-2-17-12(18)11-10(9-6-4-3-5-7-9)14(11,8-15)13(17)16/h3-7,10-11,16H,2H2,1H3/t10-,11+,14+/m1/s1. The summed E-state index contributed by atoms with van der Waals surface area (Å²) in [6.07, 6.45) is 0. The highest BCUT2D eigenvalue weighted by molar-refractivity contribution is 6.16. The Labute approximate surface area is 105 Å². The molecule has 1 aromatic carbocycles. The van der Waals surface area contributed by atoms with Gasteiger partial charge in [0.25, 0.3) is 0 Å². The quantitative estimate of drug-likeness (QED) is 0.854. The predicted molar refractivity (Wildman–Crippen MR) is 65.8 cm³/mol. The van der Waals surface area contributed by atoms with Gasteiger partial charge in [0.1, 0.15) is 11.3 Å². The van der Waals surface area contributed by atoms with Crippen molar-refractivity contribution < 1.29 is 4.79 Å². The Kier molecular flexibility index (Phi) is 2.09. The number of likely N-dealkylation sites (tertiary alicyclic amines) is 1. The van der Waals surface area contributed by atoms with Crippen LogP contribution in [-0.2, 0) is 4.79 Å². The van der Waals surface area contributed by atoms with E-state index in [4.69, 9.17) is 5.41 Å². The second kappa shape index (κ2) is 3.42. The third-order valence-electron chi connectivity index (χ3n) is 4.06. The van der Waals surface area contributed by atoms with Crippen LogP contribution in [0.5, 0.6) is 0 Å². The molecule has 3 rings (SSSR count). The van der Waals surface area contributed by atoms with Crippen molar-refractivity contribution in [3.05, 3.63) is 35.9 Å². The van der Waals surface area contributed by atoms with Gasteiger partial charge < -0.3 is 0 Å². The summed E-state index contributed by atoms with van der Waals surface area (Å²) in [5.74, 6) is -0.377. The van der Waals surface area contributed by atoms with Crippen LogP contribution in [0.3, 0.4) is 0 Å². The molecule has 0 unspecified atom stereocenters. The molecule has 18 heavy (non-hydrogen) atoms. The summed E-state index contributed by atoms with van der Waals surface area (Å²) in [6, 6.07) is 11.8. The lowest BCUT2D eigenvalue weighted by atomic mass is 9.99. The number of nitrogens with zero attached hydrogens (tertiary/aromatic N) is 2. The fraction of sp³-hybridized carbons (Fsp3) is 0.357. The first kappa shape index (κ1) is 11.0. The lowest BCUT2D eigenvalue weighted by Gasteiger charge is -2.20. The lowest BCUT2D eigenvalue weighted by molar-refractivity contribution is -0.127. The number of amidine groups is 1. The molecule has 0 radical (unpaired) electrons. The normalized spacial score (nSPS) is 33.2. The molecular formula is C14H13N3O. The van der Waals surface area contributed by atoms with Gasteiger partial charge in [0.15, 0.2) is 0 Å². The van der Waals surface area contributed by atoms with Crippen molar-refractivity contribution >= 4 is 11.7 Å². The van der Waals surface area contributed by atoms with E-state index in [0.717, 1.165) is 5.56 Å². The molecule has 3 atom stereocenters. The van der Waals surface area contributed by atoms with Crippen molar-refractivity contribution in [3.63, 3.8) is 0 Å². The summed E-state index contributed by atoms with van der Waals surface area (Å²) in [6.45, 7) is 2.30. The van der Waals surface area contributed by atoms with Crippen LogP contribution in [-0.4, -0.2) is 23.2 Å². The van der Waals surface area contributed by atoms with E-state index >= 15 is 0 Å². The lowest BCUT2D eigenvalue weighted by Crippen LogP contribution is -2.35. The molecule has 4 heteroatoms. The van der Waals surface area contributed by atoms with Crippen LogP contribution in [0.1, 0.15) is 18.4 Å². The van der Waals surface area contributed by atoms with Gasteiger partial charge in [-0.3, -0.25) is 15.1 Å². The highest BCUT2D eigenvalue weighted by Gasteiger charge is 2.78. The zero-order valence-corrected chi connectivity index (χ0v) is 10.1. The molecule has 1 N–H and O–H groups in total. The molecule has 4 nitrogen and oxygen atoms in total. The summed E-state index contributed by atoms with van der Waals surface area (Å²) in [4.78, 5) is 13.6. The Balaban J connectivity index is 2.04. The Morgan fingerprint density at radius 2 is 2.06 bits per heavy atom. The number of carbonyl (C=O) groups is 1. The van der Waals surface area contributed by atoms with Crippen molar-refractivity contribution in [1.29, 1.82) is 10.7 Å². The van der Waals surface area contributed by atoms with Crippen LogP contribution in [0, 0.1) is 28.1 Å². The van der Waals surface area contributed by atoms with E-state index in [0.29, 0.717) is 6.54 Å². The summed E-state index contributed by atoms with van der Waals surface area (Å²) in [5, 5.41) is 17.5. The van der Waals surface area contributed by atoms with E-state index in [2.05, 4.69) is 6.07 Å². The average Bonchev–Trinajstić information content (AvgIpc) is 3.04. The molecule has 1 amide bonds. The molecule has 0 aromatic heterocycles. The topological polar surface area (TPSA) is 68.0 Å². The van der Waals surface area contributed by atoms with Crippen LogP contribution >= 0.6 is 0 Å². The Morgan fingerprint density at radius 1 is 1.39 bits per heavy atom. The van der Waals surface area contributed by atoms with Gasteiger partial charge in [-0.15, -0.1) is 0 Å². The van der Waals surface area contributed by atoms with Gasteiger partial charge in [-0.05, 0) is 12.5 Å². The minimum absolute atomic E-state index is 0.0714. The monoisotopic (exact) mass is 239 g/mol. The third-order valence-corrected chi connectivity index (χ3v) is 4.06. The molecule has 0 bridgehead atoms. The fourth-order valence-electron chi connectivity index (χ4n) is 3.14. The van der Waals surface area contributed by atoms with Crippen LogP contribution in [0.15, 0.2) is 30.3 Å². The van der Waals surface area contributed by atoms with Crippen molar-refractivity contribution in [2.45, 2.75) is 12.8 Å². The summed E-state index contributed by atoms with van der Waals surface area (Å²) in [7, 11) is 0. The van der Waals surface area contributed by atoms with Crippen LogP contribution in [0.25, 0.3) is 0 Å². The van der Waals surface area contributed by atoms with Gasteiger partial charge in [0.2, 0.25) is 5.91 Å². The van der Waals surface area contributed by atoms with Gasteiger partial charge in [0.05, 0.1) is 12.0 Å². The van der Waals surface area contributed by atoms with E-state index < -0.39 is 5.41 Å². The number of piperidine rings is 1. The minimum Gasteiger partial charge on any atom is -0.299 e. The SMILES string of the molecule is CCN1C(=N)[C@]2(C#N)[C@H](C1=O)[C@H]2c1ccccc1. The number of amides is 1. The highest BCUT2D eigenvalue weighted by Crippen LogP contribution is 2.69. The molecule has 2 aliphatic rings. The molecular weight excluding hydrogens is 226 g/mol. The van der Waals surface area contributed by atoms with Crippen molar-refractivity contribution in [1.82, 2.24) is 4.90 Å². The summed E-state index contributed by atoms with van der Waals surface area (Å²) >= 11 is 0. The first-order valence-corrected chi connectivity index (χ1v) is 6.05. The smallest absolute Gasteiger partial charge is 0.233 e. The zero-order chi connectivity index (χ0) is 12.9. The largest absolute Gasteiger partial charge is 0.299 e. The number of benzene rings is 1. The van der Waals surface area contributed by atoms with E-state index in [-0.39, 0.29) is 23.6 Å². The van der Waals surface area contributed by atoms with Gasteiger partial charge in [-0.25, -0.2) is 0 Å². The number of rotatable bonds is 2. The molecule has 90 valence electrons. The molecule has 1 aliphatic heterocycles. The Morgan fingerprint density at radius 3 is 2.56 bits per heavy atom. The van der Waals surface area contributed by atoms with Gasteiger partial charge in [0, 0.05) is 12.5 Å². The maximum absolute atomic E-state index is 12.2. The van der Waals surface area contributed by atoms with E-state index in [1.807, 2.05) is 37.3 Å². The van der Waals surface area contributed by atoms with Gasteiger partial charge in [-0.1, -0.05) is 30.3 Å². The Hall–Kier alpha value is -2.15. The summed E-state index contributed by atoms with van der Waals surface area (Å²) < 4.78 is 0. The molecule has 1 heterocycles. The molecule has 1 saturated heterocycles. The predicted octanol–water partition coefficient (Wildman–Crippen LogP) is 1.75. The second-order valence-corrected chi connectivity index (χ2v) is 4.78.